The van der Waals surface area contributed by atoms with Crippen LogP contribution >= 0.6 is 0 Å². The quantitative estimate of drug-likeness (QED) is 0.628. The first-order valence-corrected chi connectivity index (χ1v) is 11.1. The van der Waals surface area contributed by atoms with Crippen molar-refractivity contribution in [3.8, 4) is 11.1 Å². The van der Waals surface area contributed by atoms with E-state index in [1.165, 1.54) is 12.8 Å². The lowest BCUT2D eigenvalue weighted by atomic mass is 10.0. The number of likely N-dealkylation sites (tertiary alicyclic amines) is 1. The van der Waals surface area contributed by atoms with Crippen LogP contribution in [0.4, 0.5) is 10.2 Å². The molecule has 6 nitrogen and oxygen atoms in total. The van der Waals surface area contributed by atoms with Crippen molar-refractivity contribution in [3.05, 3.63) is 54.6 Å². The summed E-state index contributed by atoms with van der Waals surface area (Å²) in [4.78, 5) is 9.14. The molecule has 162 valence electrons. The van der Waals surface area contributed by atoms with Gasteiger partial charge < -0.3 is 5.32 Å². The fraction of sp³-hybridized carbons (Fsp3) is 0.417. The Morgan fingerprint density at radius 3 is 2.74 bits per heavy atom. The molecule has 0 bridgehead atoms. The minimum atomic E-state index is -0.314. The van der Waals surface area contributed by atoms with E-state index in [9.17, 15) is 4.39 Å². The molecule has 0 unspecified atom stereocenters. The normalized spacial score (nSPS) is 17.2. The van der Waals surface area contributed by atoms with E-state index in [0.717, 1.165) is 78.4 Å². The molecule has 3 aromatic rings. The topological polar surface area (TPSA) is 49.2 Å². The monoisotopic (exact) mass is 420 g/mol. The second-order valence-electron chi connectivity index (χ2n) is 8.54. The summed E-state index contributed by atoms with van der Waals surface area (Å²) in [5.41, 5.74) is 4.38. The number of rotatable bonds is 7. The van der Waals surface area contributed by atoms with Gasteiger partial charge in [-0.25, -0.2) is 9.37 Å². The number of hydrogen-bond acceptors (Lipinski definition) is 5. The van der Waals surface area contributed by atoms with Crippen LogP contribution in [0.2, 0.25) is 0 Å². The van der Waals surface area contributed by atoms with Gasteiger partial charge in [-0.2, -0.15) is 5.10 Å². The van der Waals surface area contributed by atoms with Crippen LogP contribution in [0.25, 0.3) is 21.9 Å². The Kier molecular flexibility index (Phi) is 5.70. The van der Waals surface area contributed by atoms with E-state index < -0.39 is 0 Å². The summed E-state index contributed by atoms with van der Waals surface area (Å²) in [7, 11) is 0. The number of pyridine rings is 1. The minimum absolute atomic E-state index is 0.314. The maximum atomic E-state index is 12.8. The van der Waals surface area contributed by atoms with Crippen molar-refractivity contribution in [2.75, 3.05) is 44.7 Å². The average molecular weight is 421 g/mol. The predicted molar refractivity (Wildman–Crippen MR) is 123 cm³/mol. The molecule has 2 aromatic heterocycles. The van der Waals surface area contributed by atoms with Gasteiger partial charge in [0.1, 0.15) is 12.5 Å². The number of nitrogens with zero attached hydrogens (tertiary/aromatic N) is 5. The summed E-state index contributed by atoms with van der Waals surface area (Å²) >= 11 is 0. The Balaban J connectivity index is 1.37. The van der Waals surface area contributed by atoms with Gasteiger partial charge in [-0.15, -0.1) is 0 Å². The number of anilines is 1. The SMILES string of the molecule is C=C(CN1CCCC1)Nc1cc2cc(-c3cnn4c3CN(CCF)CC4)ccc2cn1. The van der Waals surface area contributed by atoms with Gasteiger partial charge in [-0.3, -0.25) is 14.5 Å². The second kappa shape index (κ2) is 8.77. The van der Waals surface area contributed by atoms with Gasteiger partial charge in [0.25, 0.3) is 0 Å². The first-order chi connectivity index (χ1) is 15.2. The molecular formula is C24H29FN6. The van der Waals surface area contributed by atoms with Crippen LogP contribution in [0.15, 0.2) is 48.9 Å². The van der Waals surface area contributed by atoms with E-state index >= 15 is 0 Å². The van der Waals surface area contributed by atoms with Crippen molar-refractivity contribution in [1.82, 2.24) is 24.6 Å². The zero-order chi connectivity index (χ0) is 21.2. The third kappa shape index (κ3) is 4.34. The molecule has 7 heteroatoms. The third-order valence-electron chi connectivity index (χ3n) is 6.30. The van der Waals surface area contributed by atoms with Crippen LogP contribution < -0.4 is 5.32 Å². The summed E-state index contributed by atoms with van der Waals surface area (Å²) in [6.45, 7) is 9.89. The number of aromatic nitrogens is 3. The van der Waals surface area contributed by atoms with E-state index in [4.69, 9.17) is 0 Å². The molecule has 1 N–H and O–H groups in total. The maximum Gasteiger partial charge on any atom is 0.130 e. The number of fused-ring (bicyclic) bond motifs is 2. The first-order valence-electron chi connectivity index (χ1n) is 11.1. The fourth-order valence-electron chi connectivity index (χ4n) is 4.66. The second-order valence-corrected chi connectivity index (χ2v) is 8.54. The van der Waals surface area contributed by atoms with E-state index in [1.54, 1.807) is 0 Å². The highest BCUT2D eigenvalue weighted by molar-refractivity contribution is 5.88. The summed E-state index contributed by atoms with van der Waals surface area (Å²) in [6.07, 6.45) is 6.39. The highest BCUT2D eigenvalue weighted by atomic mass is 19.1. The minimum Gasteiger partial charge on any atom is -0.343 e. The van der Waals surface area contributed by atoms with Gasteiger partial charge in [0.15, 0.2) is 0 Å². The standard InChI is InChI=1S/C24H29FN6/c1-18(16-29-7-2-3-8-29)28-24-13-21-12-19(4-5-20(21)14-26-24)22-15-27-31-11-10-30(9-6-25)17-23(22)31/h4-5,12-15H,1-3,6-11,16-17H2,(H,26,28). The number of hydrogen-bond donors (Lipinski definition) is 1. The molecular weight excluding hydrogens is 391 g/mol. The van der Waals surface area contributed by atoms with Crippen LogP contribution in [0.1, 0.15) is 18.5 Å². The van der Waals surface area contributed by atoms with Crippen molar-refractivity contribution in [1.29, 1.82) is 0 Å². The number of nitrogens with one attached hydrogen (secondary N) is 1. The van der Waals surface area contributed by atoms with Crippen LogP contribution in [0, 0.1) is 0 Å². The Morgan fingerprint density at radius 2 is 1.90 bits per heavy atom. The largest absolute Gasteiger partial charge is 0.343 e. The Morgan fingerprint density at radius 1 is 1.03 bits per heavy atom. The molecule has 1 fully saturated rings. The van der Waals surface area contributed by atoms with Crippen LogP contribution in [-0.2, 0) is 13.1 Å². The van der Waals surface area contributed by atoms with E-state index in [2.05, 4.69) is 60.7 Å². The smallest absolute Gasteiger partial charge is 0.130 e. The zero-order valence-electron chi connectivity index (χ0n) is 17.9. The lowest BCUT2D eigenvalue weighted by molar-refractivity contribution is 0.197. The molecule has 4 heterocycles. The fourth-order valence-corrected chi connectivity index (χ4v) is 4.66. The van der Waals surface area contributed by atoms with Gasteiger partial charge in [0, 0.05) is 49.0 Å². The van der Waals surface area contributed by atoms with Crippen molar-refractivity contribution in [3.63, 3.8) is 0 Å². The maximum absolute atomic E-state index is 12.8. The van der Waals surface area contributed by atoms with Crippen LogP contribution in [-0.4, -0.2) is 64.0 Å². The molecule has 0 radical (unpaired) electrons. The zero-order valence-corrected chi connectivity index (χ0v) is 17.9. The molecule has 0 amide bonds. The number of benzene rings is 1. The van der Waals surface area contributed by atoms with E-state index in [0.29, 0.717) is 6.54 Å². The molecule has 1 saturated heterocycles. The van der Waals surface area contributed by atoms with Gasteiger partial charge >= 0.3 is 0 Å². The Hall–Kier alpha value is -2.77. The van der Waals surface area contributed by atoms with Gasteiger partial charge in [0.2, 0.25) is 0 Å². The summed E-state index contributed by atoms with van der Waals surface area (Å²) < 4.78 is 14.9. The lowest BCUT2D eigenvalue weighted by Gasteiger charge is -2.27. The highest BCUT2D eigenvalue weighted by Gasteiger charge is 2.21. The molecule has 0 atom stereocenters. The van der Waals surface area contributed by atoms with Gasteiger partial charge in [0.05, 0.1) is 18.4 Å². The predicted octanol–water partition coefficient (Wildman–Crippen LogP) is 3.90. The molecule has 2 aliphatic heterocycles. The molecule has 31 heavy (non-hydrogen) atoms. The third-order valence-corrected chi connectivity index (χ3v) is 6.30. The molecule has 1 aromatic carbocycles. The van der Waals surface area contributed by atoms with E-state index in [1.807, 2.05) is 12.4 Å². The van der Waals surface area contributed by atoms with Crippen molar-refractivity contribution in [2.24, 2.45) is 0 Å². The van der Waals surface area contributed by atoms with Crippen molar-refractivity contribution in [2.45, 2.75) is 25.9 Å². The Bertz CT molecular complexity index is 1080. The van der Waals surface area contributed by atoms with Crippen molar-refractivity contribution < 1.29 is 4.39 Å². The van der Waals surface area contributed by atoms with Crippen LogP contribution in [0.5, 0.6) is 0 Å². The van der Waals surface area contributed by atoms with Crippen LogP contribution in [0.3, 0.4) is 0 Å². The molecule has 0 aliphatic carbocycles. The van der Waals surface area contributed by atoms with E-state index in [-0.39, 0.29) is 6.67 Å². The number of halogens is 1. The van der Waals surface area contributed by atoms with Crippen molar-refractivity contribution >= 4 is 16.6 Å². The highest BCUT2D eigenvalue weighted by Crippen LogP contribution is 2.30. The average Bonchev–Trinajstić information content (AvgIpc) is 3.43. The number of alkyl halides is 1. The molecule has 2 aliphatic rings. The summed E-state index contributed by atoms with van der Waals surface area (Å²) in [6, 6.07) is 8.50. The summed E-state index contributed by atoms with van der Waals surface area (Å²) in [5, 5.41) is 10.2. The molecule has 5 rings (SSSR count). The molecule has 0 saturated carbocycles. The van der Waals surface area contributed by atoms with Gasteiger partial charge in [-0.05, 0) is 49.0 Å². The first kappa shape index (κ1) is 20.2. The van der Waals surface area contributed by atoms with Gasteiger partial charge in [-0.1, -0.05) is 18.7 Å². The summed E-state index contributed by atoms with van der Waals surface area (Å²) in [5.74, 6) is 0.819. The Labute approximate surface area is 182 Å². The lowest BCUT2D eigenvalue weighted by Crippen LogP contribution is -2.35. The molecule has 0 spiro atoms.